The van der Waals surface area contributed by atoms with Crippen LogP contribution < -0.4 is 11.3 Å². The predicted molar refractivity (Wildman–Crippen MR) is 78.0 cm³/mol. The molecule has 0 aliphatic carbocycles. The van der Waals surface area contributed by atoms with Crippen molar-refractivity contribution in [3.63, 3.8) is 0 Å². The number of nitrogens with one attached hydrogen (secondary N) is 1. The number of rotatable bonds is 5. The van der Waals surface area contributed by atoms with Crippen LogP contribution in [0.4, 0.5) is 0 Å². The van der Waals surface area contributed by atoms with Gasteiger partial charge in [-0.3, -0.25) is 15.1 Å². The number of likely N-dealkylation sites (tertiary alicyclic amines) is 1. The highest BCUT2D eigenvalue weighted by Gasteiger charge is 2.21. The van der Waals surface area contributed by atoms with Crippen LogP contribution >= 0.6 is 0 Å². The number of nitrogens with two attached hydrogens (primary N) is 1. The monoisotopic (exact) mass is 279 g/mol. The van der Waals surface area contributed by atoms with Crippen LogP contribution in [0.5, 0.6) is 0 Å². The van der Waals surface area contributed by atoms with Crippen LogP contribution in [0.15, 0.2) is 10.5 Å². The maximum absolute atomic E-state index is 11.5. The van der Waals surface area contributed by atoms with Gasteiger partial charge < -0.3 is 4.42 Å². The van der Waals surface area contributed by atoms with Crippen molar-refractivity contribution in [1.82, 2.24) is 10.3 Å². The van der Waals surface area contributed by atoms with Crippen LogP contribution in [0, 0.1) is 12.8 Å². The van der Waals surface area contributed by atoms with Gasteiger partial charge in [0, 0.05) is 5.56 Å². The lowest BCUT2D eigenvalue weighted by Crippen LogP contribution is -2.33. The molecule has 1 amide bonds. The summed E-state index contributed by atoms with van der Waals surface area (Å²) in [7, 11) is 0. The van der Waals surface area contributed by atoms with Crippen molar-refractivity contribution >= 4 is 5.91 Å². The zero-order valence-corrected chi connectivity index (χ0v) is 12.4. The van der Waals surface area contributed by atoms with Crippen LogP contribution in [0.2, 0.25) is 0 Å². The molecule has 1 fully saturated rings. The minimum Gasteiger partial charge on any atom is -0.454 e. The maximum Gasteiger partial charge on any atom is 0.301 e. The molecule has 1 saturated heterocycles. The van der Waals surface area contributed by atoms with Gasteiger partial charge in [-0.2, -0.15) is 0 Å². The van der Waals surface area contributed by atoms with Gasteiger partial charge in [0.25, 0.3) is 0 Å². The van der Waals surface area contributed by atoms with E-state index in [4.69, 9.17) is 10.3 Å². The van der Waals surface area contributed by atoms with Crippen molar-refractivity contribution in [2.75, 3.05) is 13.1 Å². The van der Waals surface area contributed by atoms with E-state index in [9.17, 15) is 4.79 Å². The quantitative estimate of drug-likeness (QED) is 0.492. The average Bonchev–Trinajstić information content (AvgIpc) is 2.81. The molecule has 1 aliphatic heterocycles. The van der Waals surface area contributed by atoms with Crippen molar-refractivity contribution < 1.29 is 9.21 Å². The highest BCUT2D eigenvalue weighted by atomic mass is 16.4. The standard InChI is InChI=1S/C15H25N3O2/c1-3-4-12-5-7-18(8-6-12)10-13-9-11(2)14(20-13)15(19)17-16/h9,12H,3-8,10,16H2,1-2H3,(H,17,19). The first-order valence-corrected chi connectivity index (χ1v) is 7.46. The first kappa shape index (κ1) is 15.1. The van der Waals surface area contributed by atoms with E-state index in [0.717, 1.165) is 36.9 Å². The van der Waals surface area contributed by atoms with Crippen LogP contribution in [0.3, 0.4) is 0 Å². The van der Waals surface area contributed by atoms with Gasteiger partial charge in [0.15, 0.2) is 5.76 Å². The topological polar surface area (TPSA) is 71.5 Å². The summed E-state index contributed by atoms with van der Waals surface area (Å²) in [5, 5.41) is 0. The fourth-order valence-corrected chi connectivity index (χ4v) is 2.98. The second kappa shape index (κ2) is 6.90. The molecule has 0 aromatic carbocycles. The molecule has 0 atom stereocenters. The first-order chi connectivity index (χ1) is 9.63. The number of hydrazine groups is 1. The third-order valence-electron chi connectivity index (χ3n) is 4.09. The van der Waals surface area contributed by atoms with Crippen LogP contribution in [-0.2, 0) is 6.54 Å². The summed E-state index contributed by atoms with van der Waals surface area (Å²) in [6.45, 7) is 7.12. The number of aryl methyl sites for hydroxylation is 1. The molecule has 0 spiro atoms. The molecule has 2 heterocycles. The van der Waals surface area contributed by atoms with E-state index < -0.39 is 0 Å². The molecule has 1 aromatic heterocycles. The molecule has 0 bridgehead atoms. The number of carbonyl (C=O) groups excluding carboxylic acids is 1. The zero-order chi connectivity index (χ0) is 14.5. The Morgan fingerprint density at radius 2 is 2.20 bits per heavy atom. The van der Waals surface area contributed by atoms with Crippen molar-refractivity contribution in [2.45, 2.75) is 46.1 Å². The van der Waals surface area contributed by atoms with Crippen molar-refractivity contribution in [1.29, 1.82) is 0 Å². The Kier molecular flexibility index (Phi) is 5.20. The first-order valence-electron chi connectivity index (χ1n) is 7.46. The van der Waals surface area contributed by atoms with Crippen molar-refractivity contribution in [2.24, 2.45) is 11.8 Å². The fourth-order valence-electron chi connectivity index (χ4n) is 2.98. The Morgan fingerprint density at radius 1 is 1.50 bits per heavy atom. The molecule has 2 rings (SSSR count). The predicted octanol–water partition coefficient (Wildman–Crippen LogP) is 2.20. The lowest BCUT2D eigenvalue weighted by atomic mass is 9.92. The Balaban J connectivity index is 1.90. The zero-order valence-electron chi connectivity index (χ0n) is 12.4. The molecule has 5 heteroatoms. The Labute approximate surface area is 120 Å². The lowest BCUT2D eigenvalue weighted by Gasteiger charge is -2.31. The van der Waals surface area contributed by atoms with Gasteiger partial charge in [0.1, 0.15) is 5.76 Å². The van der Waals surface area contributed by atoms with Gasteiger partial charge in [-0.15, -0.1) is 0 Å². The molecule has 0 radical (unpaired) electrons. The average molecular weight is 279 g/mol. The number of furan rings is 1. The van der Waals surface area contributed by atoms with E-state index >= 15 is 0 Å². The van der Waals surface area contributed by atoms with Crippen molar-refractivity contribution in [3.8, 4) is 0 Å². The molecule has 0 unspecified atom stereocenters. The Bertz CT molecular complexity index is 448. The van der Waals surface area contributed by atoms with Crippen molar-refractivity contribution in [3.05, 3.63) is 23.2 Å². The summed E-state index contributed by atoms with van der Waals surface area (Å²) >= 11 is 0. The molecule has 1 aromatic rings. The van der Waals surface area contributed by atoms with Gasteiger partial charge in [0.2, 0.25) is 0 Å². The number of piperidine rings is 1. The smallest absolute Gasteiger partial charge is 0.301 e. The summed E-state index contributed by atoms with van der Waals surface area (Å²) in [6.07, 6.45) is 5.15. The highest BCUT2D eigenvalue weighted by Crippen LogP contribution is 2.24. The summed E-state index contributed by atoms with van der Waals surface area (Å²) in [6, 6.07) is 1.93. The summed E-state index contributed by atoms with van der Waals surface area (Å²) in [4.78, 5) is 13.9. The Hall–Kier alpha value is -1.33. The molecular weight excluding hydrogens is 254 g/mol. The number of carbonyl (C=O) groups is 1. The number of nitrogens with zero attached hydrogens (tertiary/aromatic N) is 1. The van der Waals surface area contributed by atoms with E-state index in [1.54, 1.807) is 0 Å². The maximum atomic E-state index is 11.5. The normalized spacial score (nSPS) is 17.4. The number of hydrogen-bond acceptors (Lipinski definition) is 4. The summed E-state index contributed by atoms with van der Waals surface area (Å²) in [5.41, 5.74) is 2.95. The van der Waals surface area contributed by atoms with E-state index in [2.05, 4.69) is 17.2 Å². The van der Waals surface area contributed by atoms with Gasteiger partial charge in [0.05, 0.1) is 6.54 Å². The van der Waals surface area contributed by atoms with Crippen LogP contribution in [0.25, 0.3) is 0 Å². The minimum atomic E-state index is -0.365. The second-order valence-electron chi connectivity index (χ2n) is 5.71. The number of hydrogen-bond donors (Lipinski definition) is 2. The van der Waals surface area contributed by atoms with Gasteiger partial charge in [-0.05, 0) is 44.8 Å². The van der Waals surface area contributed by atoms with Gasteiger partial charge in [-0.25, -0.2) is 5.84 Å². The van der Waals surface area contributed by atoms with E-state index in [0.29, 0.717) is 5.76 Å². The highest BCUT2D eigenvalue weighted by molar-refractivity contribution is 5.92. The largest absolute Gasteiger partial charge is 0.454 e. The minimum absolute atomic E-state index is 0.323. The van der Waals surface area contributed by atoms with E-state index in [-0.39, 0.29) is 5.91 Å². The lowest BCUT2D eigenvalue weighted by molar-refractivity contribution is 0.0919. The van der Waals surface area contributed by atoms with Crippen LogP contribution in [-0.4, -0.2) is 23.9 Å². The Morgan fingerprint density at radius 3 is 2.80 bits per heavy atom. The summed E-state index contributed by atoms with van der Waals surface area (Å²) < 4.78 is 5.61. The third-order valence-corrected chi connectivity index (χ3v) is 4.09. The molecule has 112 valence electrons. The molecule has 0 saturated carbocycles. The van der Waals surface area contributed by atoms with Gasteiger partial charge in [-0.1, -0.05) is 19.8 Å². The fraction of sp³-hybridized carbons (Fsp3) is 0.667. The van der Waals surface area contributed by atoms with E-state index in [1.807, 2.05) is 13.0 Å². The number of amides is 1. The summed E-state index contributed by atoms with van der Waals surface area (Å²) in [5.74, 6) is 6.82. The third kappa shape index (κ3) is 3.61. The SMILES string of the molecule is CCCC1CCN(Cc2cc(C)c(C(=O)NN)o2)CC1. The molecule has 1 aliphatic rings. The molecular formula is C15H25N3O2. The van der Waals surface area contributed by atoms with Crippen LogP contribution in [0.1, 0.15) is 54.5 Å². The number of nitrogen functional groups attached to an aromatic ring is 1. The molecule has 5 nitrogen and oxygen atoms in total. The van der Waals surface area contributed by atoms with Gasteiger partial charge >= 0.3 is 5.91 Å². The molecule has 20 heavy (non-hydrogen) atoms. The van der Waals surface area contributed by atoms with E-state index in [1.165, 1.54) is 25.7 Å². The molecule has 3 N–H and O–H groups in total. The second-order valence-corrected chi connectivity index (χ2v) is 5.71.